The largest absolute Gasteiger partial charge is 0.355 e. The van der Waals surface area contributed by atoms with Gasteiger partial charge in [-0.2, -0.15) is 0 Å². The molecule has 2 aromatic heterocycles. The summed E-state index contributed by atoms with van der Waals surface area (Å²) >= 11 is 0. The third-order valence-electron chi connectivity index (χ3n) is 5.29. The minimum atomic E-state index is -0.269. The zero-order valence-corrected chi connectivity index (χ0v) is 13.1. The van der Waals surface area contributed by atoms with Crippen molar-refractivity contribution in [2.75, 3.05) is 18.0 Å². The Balaban J connectivity index is 1.64. The van der Waals surface area contributed by atoms with Gasteiger partial charge in [-0.3, -0.25) is 4.79 Å². The van der Waals surface area contributed by atoms with Gasteiger partial charge < -0.3 is 9.88 Å². The van der Waals surface area contributed by atoms with E-state index in [0.717, 1.165) is 47.3 Å². The number of hydrogen-bond donors (Lipinski definition) is 1. The minimum absolute atomic E-state index is 0.269. The van der Waals surface area contributed by atoms with Crippen LogP contribution in [0.5, 0.6) is 0 Å². The Labute approximate surface area is 137 Å². The lowest BCUT2D eigenvalue weighted by molar-refractivity contribution is -0.123. The maximum atomic E-state index is 13.5. The number of halogens is 1. The first-order valence-electron chi connectivity index (χ1n) is 8.36. The highest BCUT2D eigenvalue weighted by Gasteiger charge is 2.35. The number of Topliss-reactive ketones (excluding diaryl/α,β-unsaturated/α-hetero) is 1. The number of aromatic amines is 1. The number of benzene rings is 1. The highest BCUT2D eigenvalue weighted by atomic mass is 19.1. The summed E-state index contributed by atoms with van der Waals surface area (Å²) in [6.45, 7) is 1.70. The molecule has 0 spiro atoms. The Morgan fingerprint density at radius 2 is 1.96 bits per heavy atom. The second kappa shape index (κ2) is 5.00. The predicted octanol–water partition coefficient (Wildman–Crippen LogP) is 3.06. The van der Waals surface area contributed by atoms with Gasteiger partial charge in [0.2, 0.25) is 0 Å². The molecule has 1 aliphatic heterocycles. The van der Waals surface area contributed by atoms with E-state index in [1.54, 1.807) is 12.4 Å². The van der Waals surface area contributed by atoms with Crippen molar-refractivity contribution in [1.82, 2.24) is 15.0 Å². The number of hydrogen-bond acceptors (Lipinski definition) is 4. The first-order chi connectivity index (χ1) is 11.7. The molecular formula is C18H17FN4O. The van der Waals surface area contributed by atoms with Gasteiger partial charge in [-0.05, 0) is 36.5 Å². The Morgan fingerprint density at radius 1 is 1.17 bits per heavy atom. The maximum absolute atomic E-state index is 13.5. The quantitative estimate of drug-likeness (QED) is 0.747. The molecule has 122 valence electrons. The first kappa shape index (κ1) is 13.9. The third-order valence-corrected chi connectivity index (χ3v) is 5.29. The molecule has 1 saturated carbocycles. The molecular weight excluding hydrogens is 307 g/mol. The number of ketones is 1. The number of carbonyl (C=O) groups excluding carboxylic acids is 1. The summed E-state index contributed by atoms with van der Waals surface area (Å²) in [5, 5.41) is 1.88. The number of fused-ring (bicyclic) bond motifs is 5. The van der Waals surface area contributed by atoms with Crippen molar-refractivity contribution in [2.45, 2.75) is 19.3 Å². The van der Waals surface area contributed by atoms with Gasteiger partial charge >= 0.3 is 0 Å². The van der Waals surface area contributed by atoms with Crippen LogP contribution in [0.1, 0.15) is 19.3 Å². The minimum Gasteiger partial charge on any atom is -0.355 e. The second-order valence-electron chi connectivity index (χ2n) is 7.06. The van der Waals surface area contributed by atoms with Gasteiger partial charge in [0, 0.05) is 31.3 Å². The molecule has 2 aliphatic rings. The number of nitrogens with zero attached hydrogens (tertiary/aromatic N) is 3. The molecule has 1 aromatic carbocycles. The lowest BCUT2D eigenvalue weighted by Crippen LogP contribution is -2.45. The monoisotopic (exact) mass is 324 g/mol. The van der Waals surface area contributed by atoms with Crippen molar-refractivity contribution >= 4 is 33.5 Å². The summed E-state index contributed by atoms with van der Waals surface area (Å²) in [6.07, 6.45) is 4.05. The summed E-state index contributed by atoms with van der Waals surface area (Å²) in [6, 6.07) is 4.74. The number of piperidine rings is 1. The second-order valence-corrected chi connectivity index (χ2v) is 7.06. The number of rotatable bonds is 1. The normalized spacial score (nSPS) is 24.0. The smallest absolute Gasteiger partial charge is 0.143 e. The SMILES string of the molecule is O=C1CC2CC(C1)CN(c1ncnc3[nH]c4cc(F)ccc4c13)C2. The fraction of sp³-hybridized carbons (Fsp3) is 0.389. The van der Waals surface area contributed by atoms with Crippen molar-refractivity contribution in [2.24, 2.45) is 11.8 Å². The molecule has 2 unspecified atom stereocenters. The van der Waals surface area contributed by atoms with Gasteiger partial charge in [0.1, 0.15) is 29.4 Å². The van der Waals surface area contributed by atoms with E-state index in [2.05, 4.69) is 19.9 Å². The maximum Gasteiger partial charge on any atom is 0.143 e. The van der Waals surface area contributed by atoms with Gasteiger partial charge in [0.15, 0.2) is 0 Å². The Kier molecular flexibility index (Phi) is 2.89. The number of aromatic nitrogens is 3. The highest BCUT2D eigenvalue weighted by molar-refractivity contribution is 6.11. The Hall–Kier alpha value is -2.50. The average Bonchev–Trinajstić information content (AvgIpc) is 2.90. The molecule has 5 nitrogen and oxygen atoms in total. The molecule has 1 saturated heterocycles. The fourth-order valence-corrected chi connectivity index (χ4v) is 4.44. The summed E-state index contributed by atoms with van der Waals surface area (Å²) in [7, 11) is 0. The van der Waals surface area contributed by atoms with Crippen molar-refractivity contribution < 1.29 is 9.18 Å². The van der Waals surface area contributed by atoms with Crippen molar-refractivity contribution in [1.29, 1.82) is 0 Å². The van der Waals surface area contributed by atoms with Crippen LogP contribution in [0.3, 0.4) is 0 Å². The highest BCUT2D eigenvalue weighted by Crippen LogP contribution is 2.38. The molecule has 2 bridgehead atoms. The van der Waals surface area contributed by atoms with E-state index in [1.807, 2.05) is 0 Å². The fourth-order valence-electron chi connectivity index (χ4n) is 4.44. The zero-order valence-electron chi connectivity index (χ0n) is 13.1. The van der Waals surface area contributed by atoms with Gasteiger partial charge in [-0.1, -0.05) is 0 Å². The van der Waals surface area contributed by atoms with Crippen LogP contribution in [-0.4, -0.2) is 33.8 Å². The van der Waals surface area contributed by atoms with E-state index in [4.69, 9.17) is 0 Å². The predicted molar refractivity (Wildman–Crippen MR) is 89.4 cm³/mol. The van der Waals surface area contributed by atoms with Gasteiger partial charge in [0.05, 0.1) is 10.9 Å². The van der Waals surface area contributed by atoms with Crippen LogP contribution >= 0.6 is 0 Å². The van der Waals surface area contributed by atoms with Crippen molar-refractivity contribution in [3.05, 3.63) is 30.3 Å². The molecule has 5 rings (SSSR count). The van der Waals surface area contributed by atoms with Crippen LogP contribution in [0.2, 0.25) is 0 Å². The van der Waals surface area contributed by atoms with Crippen LogP contribution in [0.25, 0.3) is 21.9 Å². The average molecular weight is 324 g/mol. The molecule has 6 heteroatoms. The molecule has 2 fully saturated rings. The van der Waals surface area contributed by atoms with Crippen LogP contribution < -0.4 is 4.90 Å². The van der Waals surface area contributed by atoms with Gasteiger partial charge in [0.25, 0.3) is 0 Å². The lowest BCUT2D eigenvalue weighted by atomic mass is 9.77. The van der Waals surface area contributed by atoms with Crippen LogP contribution in [0, 0.1) is 17.7 Å². The number of H-pyrrole nitrogens is 1. The van der Waals surface area contributed by atoms with E-state index < -0.39 is 0 Å². The molecule has 3 heterocycles. The molecule has 24 heavy (non-hydrogen) atoms. The Morgan fingerprint density at radius 3 is 2.75 bits per heavy atom. The standard InChI is InChI=1S/C18H17FN4O/c19-12-1-2-14-15(6-12)22-17-16(14)18(21-9-20-17)23-7-10-3-11(8-23)5-13(24)4-10/h1-2,6,9-11H,3-5,7-8H2,(H,20,21,22). The molecule has 2 atom stereocenters. The molecule has 3 aromatic rings. The van der Waals surface area contributed by atoms with E-state index >= 15 is 0 Å². The molecule has 0 amide bonds. The van der Waals surface area contributed by atoms with E-state index in [1.165, 1.54) is 12.1 Å². The van der Waals surface area contributed by atoms with E-state index in [0.29, 0.717) is 30.5 Å². The molecule has 1 N–H and O–H groups in total. The summed E-state index contributed by atoms with van der Waals surface area (Å²) in [4.78, 5) is 26.1. The summed E-state index contributed by atoms with van der Waals surface area (Å²) in [5.74, 6) is 1.85. The van der Waals surface area contributed by atoms with Crippen LogP contribution in [-0.2, 0) is 4.79 Å². The van der Waals surface area contributed by atoms with Gasteiger partial charge in [-0.15, -0.1) is 0 Å². The summed E-state index contributed by atoms with van der Waals surface area (Å²) in [5.41, 5.74) is 1.46. The zero-order chi connectivity index (χ0) is 16.3. The summed E-state index contributed by atoms with van der Waals surface area (Å²) < 4.78 is 13.5. The van der Waals surface area contributed by atoms with E-state index in [9.17, 15) is 9.18 Å². The third kappa shape index (κ3) is 2.09. The number of carbonyl (C=O) groups is 1. The van der Waals surface area contributed by atoms with Crippen molar-refractivity contribution in [3.8, 4) is 0 Å². The topological polar surface area (TPSA) is 61.9 Å². The van der Waals surface area contributed by atoms with Crippen LogP contribution in [0.15, 0.2) is 24.5 Å². The number of nitrogens with one attached hydrogen (secondary N) is 1. The Bertz CT molecular complexity index is 950. The van der Waals surface area contributed by atoms with Crippen LogP contribution in [0.4, 0.5) is 10.2 Å². The van der Waals surface area contributed by atoms with E-state index in [-0.39, 0.29) is 5.82 Å². The lowest BCUT2D eigenvalue weighted by Gasteiger charge is -2.41. The van der Waals surface area contributed by atoms with Gasteiger partial charge in [-0.25, -0.2) is 14.4 Å². The first-order valence-corrected chi connectivity index (χ1v) is 8.36. The molecule has 0 radical (unpaired) electrons. The van der Waals surface area contributed by atoms with Crippen molar-refractivity contribution in [3.63, 3.8) is 0 Å². The molecule has 1 aliphatic carbocycles. The number of anilines is 1.